The van der Waals surface area contributed by atoms with Crippen LogP contribution in [-0.4, -0.2) is 39.9 Å². The first-order chi connectivity index (χ1) is 10.6. The number of fused-ring (bicyclic) bond motifs is 1. The Hall–Kier alpha value is -2.70. The Morgan fingerprint density at radius 3 is 2.82 bits per heavy atom. The quantitative estimate of drug-likeness (QED) is 0.774. The zero-order valence-electron chi connectivity index (χ0n) is 13.0. The van der Waals surface area contributed by atoms with Crippen LogP contribution >= 0.6 is 0 Å². The van der Waals surface area contributed by atoms with Gasteiger partial charge in [0.15, 0.2) is 0 Å². The molecule has 7 nitrogen and oxygen atoms in total. The molecule has 0 saturated heterocycles. The predicted octanol–water partition coefficient (Wildman–Crippen LogP) is 1.57. The third-order valence-electron chi connectivity index (χ3n) is 3.61. The molecule has 3 aromatic rings. The molecule has 2 N–H and O–H groups in total. The van der Waals surface area contributed by atoms with Gasteiger partial charge in [-0.15, -0.1) is 5.10 Å². The molecule has 0 saturated carbocycles. The van der Waals surface area contributed by atoms with E-state index in [-0.39, 0.29) is 0 Å². The van der Waals surface area contributed by atoms with Gasteiger partial charge in [-0.05, 0) is 19.1 Å². The van der Waals surface area contributed by atoms with Crippen LogP contribution in [0.15, 0.2) is 30.7 Å². The average molecular weight is 300 g/mol. The third-order valence-corrected chi connectivity index (χ3v) is 3.61. The summed E-state index contributed by atoms with van der Waals surface area (Å²) in [5.74, 6) is 1.42. The fourth-order valence-corrected chi connectivity index (χ4v) is 2.43. The number of aromatic nitrogens is 4. The van der Waals surface area contributed by atoms with Crippen LogP contribution in [0.2, 0.25) is 0 Å². The van der Waals surface area contributed by atoms with Crippen molar-refractivity contribution >= 4 is 16.9 Å². The van der Waals surface area contributed by atoms with Crippen LogP contribution in [0.5, 0.6) is 5.88 Å². The maximum Gasteiger partial charge on any atom is 0.257 e. The molecule has 0 atom stereocenters. The molecule has 22 heavy (non-hydrogen) atoms. The first-order valence-electron chi connectivity index (χ1n) is 7.12. The highest BCUT2D eigenvalue weighted by Gasteiger charge is 2.15. The molecule has 0 spiro atoms. The lowest BCUT2D eigenvalue weighted by Crippen LogP contribution is -2.10. The molecule has 0 aromatic carbocycles. The summed E-state index contributed by atoms with van der Waals surface area (Å²) in [4.78, 5) is 6.19. The molecule has 3 heterocycles. The van der Waals surface area contributed by atoms with Gasteiger partial charge in [0.25, 0.3) is 5.88 Å². The minimum atomic E-state index is 0.465. The smallest absolute Gasteiger partial charge is 0.257 e. The van der Waals surface area contributed by atoms with Gasteiger partial charge in [0, 0.05) is 32.7 Å². The second-order valence-corrected chi connectivity index (χ2v) is 5.32. The Labute approximate surface area is 128 Å². The van der Waals surface area contributed by atoms with Gasteiger partial charge in [0.1, 0.15) is 23.6 Å². The second kappa shape index (κ2) is 5.59. The second-order valence-electron chi connectivity index (χ2n) is 5.32. The van der Waals surface area contributed by atoms with Crippen molar-refractivity contribution in [3.05, 3.63) is 36.5 Å². The third kappa shape index (κ3) is 2.45. The monoisotopic (exact) mass is 300 g/mol. The zero-order chi connectivity index (χ0) is 15.7. The number of hydrogen-bond donors (Lipinski definition) is 1. The molecule has 0 fully saturated rings. The summed E-state index contributed by atoms with van der Waals surface area (Å²) >= 11 is 0. The molecule has 0 radical (unpaired) electrons. The highest BCUT2D eigenvalue weighted by atomic mass is 16.5. The van der Waals surface area contributed by atoms with Gasteiger partial charge in [-0.2, -0.15) is 0 Å². The van der Waals surface area contributed by atoms with E-state index in [1.807, 2.05) is 55.0 Å². The highest BCUT2D eigenvalue weighted by Crippen LogP contribution is 2.31. The van der Waals surface area contributed by atoms with Crippen molar-refractivity contribution in [3.63, 3.8) is 0 Å². The maximum atomic E-state index is 6.21. The SMILES string of the molecule is Cc1nccn1CCOc1nn2cccc(N(C)C)c2c1N. The van der Waals surface area contributed by atoms with Gasteiger partial charge in [-0.1, -0.05) is 0 Å². The molecule has 0 bridgehead atoms. The number of aryl methyl sites for hydroxylation is 1. The highest BCUT2D eigenvalue weighted by molar-refractivity contribution is 5.87. The number of nitrogens with zero attached hydrogens (tertiary/aromatic N) is 5. The number of rotatable bonds is 5. The summed E-state index contributed by atoms with van der Waals surface area (Å²) in [6.07, 6.45) is 5.57. The van der Waals surface area contributed by atoms with Crippen molar-refractivity contribution in [2.45, 2.75) is 13.5 Å². The van der Waals surface area contributed by atoms with Gasteiger partial charge in [0.2, 0.25) is 0 Å². The van der Waals surface area contributed by atoms with E-state index in [1.54, 1.807) is 10.7 Å². The Morgan fingerprint density at radius 1 is 1.32 bits per heavy atom. The first-order valence-corrected chi connectivity index (χ1v) is 7.12. The lowest BCUT2D eigenvalue weighted by molar-refractivity contribution is 0.286. The number of ether oxygens (including phenoxy) is 1. The fraction of sp³-hybridized carbons (Fsp3) is 0.333. The predicted molar refractivity (Wildman–Crippen MR) is 86.4 cm³/mol. The number of anilines is 2. The Bertz CT molecular complexity index is 789. The molecule has 3 rings (SSSR count). The number of imidazole rings is 1. The van der Waals surface area contributed by atoms with E-state index < -0.39 is 0 Å². The summed E-state index contributed by atoms with van der Waals surface area (Å²) in [6, 6.07) is 3.94. The van der Waals surface area contributed by atoms with Crippen molar-refractivity contribution in [3.8, 4) is 5.88 Å². The fourth-order valence-electron chi connectivity index (χ4n) is 2.43. The topological polar surface area (TPSA) is 73.6 Å². The summed E-state index contributed by atoms with van der Waals surface area (Å²) < 4.78 is 9.54. The minimum absolute atomic E-state index is 0.465. The molecular weight excluding hydrogens is 280 g/mol. The lowest BCUT2D eigenvalue weighted by atomic mass is 10.3. The van der Waals surface area contributed by atoms with Crippen molar-refractivity contribution in [1.82, 2.24) is 19.2 Å². The molecule has 0 amide bonds. The Kier molecular flexibility index (Phi) is 3.62. The van der Waals surface area contributed by atoms with E-state index in [1.165, 1.54) is 0 Å². The Morgan fingerprint density at radius 2 is 2.14 bits per heavy atom. The summed E-state index contributed by atoms with van der Waals surface area (Å²) in [5, 5.41) is 4.41. The van der Waals surface area contributed by atoms with Crippen molar-refractivity contribution in [1.29, 1.82) is 0 Å². The lowest BCUT2D eigenvalue weighted by Gasteiger charge is -2.13. The van der Waals surface area contributed by atoms with Crippen LogP contribution in [0, 0.1) is 6.92 Å². The van der Waals surface area contributed by atoms with Crippen LogP contribution in [0.3, 0.4) is 0 Å². The molecule has 3 aromatic heterocycles. The van der Waals surface area contributed by atoms with Crippen LogP contribution in [0.25, 0.3) is 5.52 Å². The van der Waals surface area contributed by atoms with Gasteiger partial charge < -0.3 is 19.9 Å². The van der Waals surface area contributed by atoms with Crippen LogP contribution in [-0.2, 0) is 6.54 Å². The van der Waals surface area contributed by atoms with Crippen molar-refractivity contribution in [2.24, 2.45) is 0 Å². The molecule has 0 unspecified atom stereocenters. The van der Waals surface area contributed by atoms with Gasteiger partial charge in [-0.3, -0.25) is 0 Å². The van der Waals surface area contributed by atoms with E-state index in [2.05, 4.69) is 10.1 Å². The van der Waals surface area contributed by atoms with Crippen LogP contribution < -0.4 is 15.4 Å². The minimum Gasteiger partial charge on any atom is -0.473 e. The number of hydrogen-bond acceptors (Lipinski definition) is 5. The Balaban J connectivity index is 1.81. The zero-order valence-corrected chi connectivity index (χ0v) is 13.0. The molecular formula is C15H20N6O. The molecule has 0 aliphatic rings. The summed E-state index contributed by atoms with van der Waals surface area (Å²) in [7, 11) is 3.95. The van der Waals surface area contributed by atoms with Crippen molar-refractivity contribution < 1.29 is 4.74 Å². The van der Waals surface area contributed by atoms with E-state index in [0.717, 1.165) is 17.0 Å². The van der Waals surface area contributed by atoms with E-state index >= 15 is 0 Å². The number of nitrogens with two attached hydrogens (primary N) is 1. The number of pyridine rings is 1. The molecule has 0 aliphatic heterocycles. The molecule has 0 aliphatic carbocycles. The van der Waals surface area contributed by atoms with E-state index in [0.29, 0.717) is 24.7 Å². The average Bonchev–Trinajstić information content (AvgIpc) is 3.04. The van der Waals surface area contributed by atoms with Crippen molar-refractivity contribution in [2.75, 3.05) is 31.3 Å². The van der Waals surface area contributed by atoms with Gasteiger partial charge in [-0.25, -0.2) is 9.50 Å². The number of nitrogen functional groups attached to an aromatic ring is 1. The van der Waals surface area contributed by atoms with Gasteiger partial charge >= 0.3 is 0 Å². The molecule has 116 valence electrons. The normalized spacial score (nSPS) is 11.0. The standard InChI is InChI=1S/C15H20N6O/c1-11-17-6-8-20(11)9-10-22-15-13(16)14-12(19(2)3)5-4-7-21(14)18-15/h4-8H,9-10,16H2,1-3H3. The largest absolute Gasteiger partial charge is 0.473 e. The van der Waals surface area contributed by atoms with E-state index in [9.17, 15) is 0 Å². The van der Waals surface area contributed by atoms with Crippen LogP contribution in [0.1, 0.15) is 5.82 Å². The molecule has 7 heteroatoms. The van der Waals surface area contributed by atoms with Crippen LogP contribution in [0.4, 0.5) is 11.4 Å². The van der Waals surface area contributed by atoms with Gasteiger partial charge in [0.05, 0.1) is 12.2 Å². The summed E-state index contributed by atoms with van der Waals surface area (Å²) in [5.41, 5.74) is 8.64. The maximum absolute atomic E-state index is 6.21. The van der Waals surface area contributed by atoms with E-state index in [4.69, 9.17) is 10.5 Å². The first kappa shape index (κ1) is 14.2. The summed E-state index contributed by atoms with van der Waals surface area (Å²) in [6.45, 7) is 3.16.